The van der Waals surface area contributed by atoms with Gasteiger partial charge in [0.25, 0.3) is 10.7 Å². The summed E-state index contributed by atoms with van der Waals surface area (Å²) in [5.74, 6) is 0.175. The number of nitrogens with zero attached hydrogens (tertiary/aromatic N) is 2. The molecule has 90 valence electrons. The van der Waals surface area contributed by atoms with Crippen molar-refractivity contribution in [1.29, 1.82) is 0 Å². The fraction of sp³-hybridized carbons (Fsp3) is 0. The standard InChI is InChI=1S/C11H6N2O4S/c14-10(8-4-2-6-16-8)13-11(18)17-9(12-13)7-3-1-5-15-7/h1-6H. The van der Waals surface area contributed by atoms with Gasteiger partial charge in [0.2, 0.25) is 0 Å². The molecule has 0 amide bonds. The summed E-state index contributed by atoms with van der Waals surface area (Å²) in [5.41, 5.74) is 0. The Kier molecular flexibility index (Phi) is 2.45. The van der Waals surface area contributed by atoms with E-state index in [4.69, 9.17) is 25.5 Å². The minimum absolute atomic E-state index is 0.0669. The van der Waals surface area contributed by atoms with Crippen LogP contribution in [0.5, 0.6) is 0 Å². The van der Waals surface area contributed by atoms with E-state index in [2.05, 4.69) is 5.10 Å². The van der Waals surface area contributed by atoms with Gasteiger partial charge in [-0.15, -0.1) is 9.78 Å². The molecule has 0 N–H and O–H groups in total. The van der Waals surface area contributed by atoms with Crippen molar-refractivity contribution in [3.63, 3.8) is 0 Å². The molecule has 0 unspecified atom stereocenters. The van der Waals surface area contributed by atoms with Gasteiger partial charge in [0.1, 0.15) is 0 Å². The van der Waals surface area contributed by atoms with Crippen LogP contribution < -0.4 is 0 Å². The Morgan fingerprint density at radius 2 is 2.00 bits per heavy atom. The molecule has 6 nitrogen and oxygen atoms in total. The second-order valence-electron chi connectivity index (χ2n) is 3.34. The SMILES string of the molecule is O=C(c1ccco1)n1nc(-c2ccco2)oc1=S. The van der Waals surface area contributed by atoms with Crippen LogP contribution >= 0.6 is 12.2 Å². The van der Waals surface area contributed by atoms with Gasteiger partial charge in [-0.3, -0.25) is 4.79 Å². The molecule has 0 atom stereocenters. The molecular formula is C11H6N2O4S. The van der Waals surface area contributed by atoms with Gasteiger partial charge in [0, 0.05) is 0 Å². The van der Waals surface area contributed by atoms with Crippen LogP contribution in [0, 0.1) is 4.84 Å². The van der Waals surface area contributed by atoms with E-state index in [1.165, 1.54) is 18.6 Å². The first-order valence-corrected chi connectivity index (χ1v) is 5.39. The molecule has 0 bridgehead atoms. The molecule has 0 saturated heterocycles. The highest BCUT2D eigenvalue weighted by Gasteiger charge is 2.18. The lowest BCUT2D eigenvalue weighted by Crippen LogP contribution is -2.12. The van der Waals surface area contributed by atoms with Crippen molar-refractivity contribution >= 4 is 18.1 Å². The van der Waals surface area contributed by atoms with Crippen LogP contribution in [0.3, 0.4) is 0 Å². The van der Waals surface area contributed by atoms with Gasteiger partial charge in [-0.1, -0.05) is 0 Å². The lowest BCUT2D eigenvalue weighted by Gasteiger charge is -1.92. The molecule has 0 aliphatic rings. The highest BCUT2D eigenvalue weighted by molar-refractivity contribution is 7.71. The van der Waals surface area contributed by atoms with E-state index in [9.17, 15) is 4.79 Å². The van der Waals surface area contributed by atoms with Crippen molar-refractivity contribution in [2.75, 3.05) is 0 Å². The maximum Gasteiger partial charge on any atom is 0.317 e. The molecule has 0 aliphatic carbocycles. The fourth-order valence-corrected chi connectivity index (χ4v) is 1.61. The Labute approximate surface area is 105 Å². The van der Waals surface area contributed by atoms with Gasteiger partial charge in [-0.25, -0.2) is 0 Å². The quantitative estimate of drug-likeness (QED) is 0.661. The van der Waals surface area contributed by atoms with E-state index in [1.807, 2.05) is 0 Å². The maximum atomic E-state index is 12.0. The second kappa shape index (κ2) is 4.11. The zero-order chi connectivity index (χ0) is 12.5. The van der Waals surface area contributed by atoms with Crippen LogP contribution in [0.25, 0.3) is 11.7 Å². The topological polar surface area (TPSA) is 74.3 Å². The molecule has 3 aromatic rings. The van der Waals surface area contributed by atoms with Gasteiger partial charge in [-0.05, 0) is 36.5 Å². The lowest BCUT2D eigenvalue weighted by molar-refractivity contribution is 0.0912. The van der Waals surface area contributed by atoms with Crippen LogP contribution in [-0.4, -0.2) is 15.7 Å². The van der Waals surface area contributed by atoms with E-state index in [1.54, 1.807) is 18.2 Å². The molecule has 3 aromatic heterocycles. The number of carbonyl (C=O) groups is 1. The van der Waals surface area contributed by atoms with Crippen molar-refractivity contribution < 1.29 is 18.0 Å². The van der Waals surface area contributed by atoms with Crippen LogP contribution in [0.2, 0.25) is 0 Å². The summed E-state index contributed by atoms with van der Waals surface area (Å²) >= 11 is 4.93. The minimum atomic E-state index is -0.494. The summed E-state index contributed by atoms with van der Waals surface area (Å²) in [7, 11) is 0. The van der Waals surface area contributed by atoms with Gasteiger partial charge in [-0.2, -0.15) is 0 Å². The molecule has 0 spiro atoms. The third-order valence-electron chi connectivity index (χ3n) is 2.20. The Morgan fingerprint density at radius 3 is 2.67 bits per heavy atom. The van der Waals surface area contributed by atoms with Gasteiger partial charge < -0.3 is 13.3 Å². The number of carbonyl (C=O) groups excluding carboxylic acids is 1. The predicted molar refractivity (Wildman–Crippen MR) is 61.5 cm³/mol. The summed E-state index contributed by atoms with van der Waals surface area (Å²) in [6.07, 6.45) is 2.87. The van der Waals surface area contributed by atoms with Crippen molar-refractivity contribution in [3.8, 4) is 11.7 Å². The fourth-order valence-electron chi connectivity index (χ4n) is 1.41. The second-order valence-corrected chi connectivity index (χ2v) is 3.69. The molecule has 0 aliphatic heterocycles. The Morgan fingerprint density at radius 1 is 1.22 bits per heavy atom. The molecule has 0 aromatic carbocycles. The summed E-state index contributed by atoms with van der Waals surface area (Å²) < 4.78 is 16.2. The summed E-state index contributed by atoms with van der Waals surface area (Å²) in [6, 6.07) is 6.46. The first-order chi connectivity index (χ1) is 8.75. The van der Waals surface area contributed by atoms with Crippen molar-refractivity contribution in [1.82, 2.24) is 9.78 Å². The van der Waals surface area contributed by atoms with E-state index in [0.29, 0.717) is 5.76 Å². The smallest absolute Gasteiger partial charge is 0.317 e. The highest BCUT2D eigenvalue weighted by atomic mass is 32.1. The number of furan rings is 2. The average Bonchev–Trinajstić information content (AvgIpc) is 3.10. The van der Waals surface area contributed by atoms with Crippen molar-refractivity contribution in [3.05, 3.63) is 47.4 Å². The number of aromatic nitrogens is 2. The average molecular weight is 262 g/mol. The third-order valence-corrected chi connectivity index (χ3v) is 2.46. The monoisotopic (exact) mass is 262 g/mol. The van der Waals surface area contributed by atoms with E-state index < -0.39 is 5.91 Å². The zero-order valence-corrected chi connectivity index (χ0v) is 9.72. The molecule has 18 heavy (non-hydrogen) atoms. The Hall–Kier alpha value is -2.41. The van der Waals surface area contributed by atoms with E-state index in [0.717, 1.165) is 4.68 Å². The highest BCUT2D eigenvalue weighted by Crippen LogP contribution is 2.18. The first-order valence-electron chi connectivity index (χ1n) is 4.98. The molecule has 0 saturated carbocycles. The largest absolute Gasteiger partial charge is 0.459 e. The lowest BCUT2D eigenvalue weighted by atomic mass is 10.4. The maximum absolute atomic E-state index is 12.0. The zero-order valence-electron chi connectivity index (χ0n) is 8.90. The van der Waals surface area contributed by atoms with E-state index in [-0.39, 0.29) is 16.5 Å². The molecule has 0 radical (unpaired) electrons. The molecule has 3 rings (SSSR count). The molecular weight excluding hydrogens is 256 g/mol. The number of hydrogen-bond acceptors (Lipinski definition) is 6. The van der Waals surface area contributed by atoms with Crippen LogP contribution in [0.1, 0.15) is 10.6 Å². The number of hydrogen-bond donors (Lipinski definition) is 0. The molecule has 7 heteroatoms. The minimum Gasteiger partial charge on any atom is -0.459 e. The predicted octanol–water partition coefficient (Wildman–Crippen LogP) is 2.75. The Balaban J connectivity index is 2.04. The van der Waals surface area contributed by atoms with Crippen LogP contribution in [0.4, 0.5) is 0 Å². The van der Waals surface area contributed by atoms with Crippen LogP contribution in [-0.2, 0) is 0 Å². The summed E-state index contributed by atoms with van der Waals surface area (Å²) in [6.45, 7) is 0. The van der Waals surface area contributed by atoms with E-state index >= 15 is 0 Å². The van der Waals surface area contributed by atoms with Gasteiger partial charge >= 0.3 is 5.91 Å². The number of rotatable bonds is 2. The Bertz CT molecular complexity index is 722. The first kappa shape index (κ1) is 10.7. The molecule has 3 heterocycles. The van der Waals surface area contributed by atoms with Gasteiger partial charge in [0.05, 0.1) is 12.5 Å². The van der Waals surface area contributed by atoms with Gasteiger partial charge in [0.15, 0.2) is 11.5 Å². The normalized spacial score (nSPS) is 10.7. The van der Waals surface area contributed by atoms with Crippen molar-refractivity contribution in [2.24, 2.45) is 0 Å². The summed E-state index contributed by atoms with van der Waals surface area (Å²) in [5, 5.41) is 3.95. The van der Waals surface area contributed by atoms with Crippen LogP contribution in [0.15, 0.2) is 50.0 Å². The van der Waals surface area contributed by atoms with Crippen molar-refractivity contribution in [2.45, 2.75) is 0 Å². The molecule has 0 fully saturated rings. The third kappa shape index (κ3) is 1.70. The summed E-state index contributed by atoms with van der Waals surface area (Å²) in [4.78, 5) is 11.9.